The summed E-state index contributed by atoms with van der Waals surface area (Å²) in [6.45, 7) is 10.2. The number of imidazole rings is 1. The number of H-pyrrole nitrogens is 1. The van der Waals surface area contributed by atoms with Gasteiger partial charge < -0.3 is 10.3 Å². The van der Waals surface area contributed by atoms with Crippen LogP contribution in [0.3, 0.4) is 0 Å². The molecule has 1 aromatic heterocycles. The second-order valence-electron chi connectivity index (χ2n) is 8.61. The minimum Gasteiger partial charge on any atom is -0.340 e. The molecule has 2 aromatic carbocycles. The Balaban J connectivity index is 1.71. The number of aromatic nitrogens is 2. The fraction of sp³-hybridized carbons (Fsp3) is 0.348. The zero-order chi connectivity index (χ0) is 21.2. The first kappa shape index (κ1) is 20.6. The average molecular weight is 393 g/mol. The summed E-state index contributed by atoms with van der Waals surface area (Å²) in [6, 6.07) is 14.4. The smallest absolute Gasteiger partial charge is 0.251 e. The molecule has 29 heavy (non-hydrogen) atoms. The number of para-hydroxylation sites is 2. The van der Waals surface area contributed by atoms with Gasteiger partial charge in [0.15, 0.2) is 0 Å². The van der Waals surface area contributed by atoms with Crippen LogP contribution in [0.15, 0.2) is 48.5 Å². The lowest BCUT2D eigenvalue weighted by Gasteiger charge is -2.22. The maximum absolute atomic E-state index is 12.8. The number of fused-ring (bicyclic) bond motifs is 1. The van der Waals surface area contributed by atoms with Gasteiger partial charge in [0.2, 0.25) is 11.9 Å². The van der Waals surface area contributed by atoms with Crippen LogP contribution < -0.4 is 10.6 Å². The Morgan fingerprint density at radius 1 is 1.00 bits per heavy atom. The van der Waals surface area contributed by atoms with E-state index in [-0.39, 0.29) is 23.1 Å². The summed E-state index contributed by atoms with van der Waals surface area (Å²) in [5.41, 5.74) is 3.30. The third kappa shape index (κ3) is 4.83. The molecule has 3 rings (SSSR count). The Morgan fingerprint density at radius 2 is 1.66 bits per heavy atom. The van der Waals surface area contributed by atoms with E-state index in [0.29, 0.717) is 11.5 Å². The molecule has 152 valence electrons. The van der Waals surface area contributed by atoms with Crippen molar-refractivity contribution in [3.8, 4) is 0 Å². The van der Waals surface area contributed by atoms with Crippen molar-refractivity contribution in [1.29, 1.82) is 0 Å². The molecule has 1 atom stereocenters. The summed E-state index contributed by atoms with van der Waals surface area (Å²) >= 11 is 0. The molecule has 6 nitrogen and oxygen atoms in total. The van der Waals surface area contributed by atoms with E-state index in [4.69, 9.17) is 0 Å². The third-order valence-electron chi connectivity index (χ3n) is 4.88. The summed E-state index contributed by atoms with van der Waals surface area (Å²) in [4.78, 5) is 32.9. The van der Waals surface area contributed by atoms with Gasteiger partial charge in [-0.15, -0.1) is 0 Å². The number of nitrogens with zero attached hydrogens (tertiary/aromatic N) is 1. The number of amides is 2. The van der Waals surface area contributed by atoms with Gasteiger partial charge in [-0.1, -0.05) is 58.9 Å². The fourth-order valence-electron chi connectivity index (χ4n) is 3.09. The largest absolute Gasteiger partial charge is 0.340 e. The van der Waals surface area contributed by atoms with Gasteiger partial charge in [0, 0.05) is 5.56 Å². The molecule has 0 saturated carbocycles. The van der Waals surface area contributed by atoms with E-state index in [2.05, 4.69) is 41.4 Å². The molecule has 3 aromatic rings. The molecule has 0 aliphatic rings. The number of hydrogen-bond acceptors (Lipinski definition) is 3. The van der Waals surface area contributed by atoms with Gasteiger partial charge in [-0.05, 0) is 41.2 Å². The molecule has 1 heterocycles. The van der Waals surface area contributed by atoms with Crippen molar-refractivity contribution in [1.82, 2.24) is 15.3 Å². The molecule has 0 saturated heterocycles. The Labute approximate surface area is 171 Å². The number of hydrogen-bond donors (Lipinski definition) is 3. The van der Waals surface area contributed by atoms with E-state index in [9.17, 15) is 9.59 Å². The van der Waals surface area contributed by atoms with E-state index >= 15 is 0 Å². The van der Waals surface area contributed by atoms with Crippen LogP contribution in [0.5, 0.6) is 0 Å². The van der Waals surface area contributed by atoms with Crippen molar-refractivity contribution in [3.63, 3.8) is 0 Å². The van der Waals surface area contributed by atoms with Crippen LogP contribution in [0.2, 0.25) is 0 Å². The molecule has 3 N–H and O–H groups in total. The number of aromatic amines is 1. The maximum atomic E-state index is 12.8. The first-order valence-corrected chi connectivity index (χ1v) is 9.82. The summed E-state index contributed by atoms with van der Waals surface area (Å²) < 4.78 is 0. The lowest BCUT2D eigenvalue weighted by molar-refractivity contribution is -0.118. The highest BCUT2D eigenvalue weighted by atomic mass is 16.2. The highest BCUT2D eigenvalue weighted by Gasteiger charge is 2.26. The molecule has 6 heteroatoms. The number of anilines is 1. The number of carbonyl (C=O) groups excluding carboxylic acids is 2. The minimum absolute atomic E-state index is 0.0158. The molecule has 0 spiro atoms. The Hall–Kier alpha value is -3.15. The van der Waals surface area contributed by atoms with Crippen LogP contribution in [-0.2, 0) is 10.2 Å². The lowest BCUT2D eigenvalue weighted by atomic mass is 9.86. The maximum Gasteiger partial charge on any atom is 0.251 e. The van der Waals surface area contributed by atoms with Crippen LogP contribution >= 0.6 is 0 Å². The van der Waals surface area contributed by atoms with Crippen molar-refractivity contribution < 1.29 is 9.59 Å². The first-order chi connectivity index (χ1) is 13.6. The number of carbonyl (C=O) groups is 2. The highest BCUT2D eigenvalue weighted by molar-refractivity contribution is 6.01. The lowest BCUT2D eigenvalue weighted by Crippen LogP contribution is -2.47. The summed E-state index contributed by atoms with van der Waals surface area (Å²) in [7, 11) is 0. The molecule has 0 radical (unpaired) electrons. The van der Waals surface area contributed by atoms with Crippen molar-refractivity contribution in [3.05, 3.63) is 59.7 Å². The average Bonchev–Trinajstić information content (AvgIpc) is 3.07. The molecule has 0 bridgehead atoms. The van der Waals surface area contributed by atoms with Crippen molar-refractivity contribution in [2.45, 2.75) is 46.1 Å². The first-order valence-electron chi connectivity index (χ1n) is 9.82. The Morgan fingerprint density at radius 3 is 2.24 bits per heavy atom. The Kier molecular flexibility index (Phi) is 5.73. The van der Waals surface area contributed by atoms with E-state index in [0.717, 1.165) is 16.6 Å². The van der Waals surface area contributed by atoms with Gasteiger partial charge in [0.1, 0.15) is 6.04 Å². The van der Waals surface area contributed by atoms with Crippen molar-refractivity contribution >= 4 is 28.8 Å². The highest BCUT2D eigenvalue weighted by Crippen LogP contribution is 2.22. The van der Waals surface area contributed by atoms with Crippen LogP contribution in [0.25, 0.3) is 11.0 Å². The van der Waals surface area contributed by atoms with Crippen LogP contribution in [0, 0.1) is 5.92 Å². The minimum atomic E-state index is -0.682. The van der Waals surface area contributed by atoms with Gasteiger partial charge in [-0.25, -0.2) is 4.98 Å². The summed E-state index contributed by atoms with van der Waals surface area (Å²) in [5.74, 6) is -0.301. The standard InChI is InChI=1S/C23H28N4O2/c1-14(2)19(21(29)27-22-24-17-8-6-7-9-18(17)25-22)26-20(28)15-10-12-16(13-11-15)23(3,4)5/h6-14,19H,1-5H3,(H,26,28)(H2,24,25,27,29)/t19-/m1/s1. The zero-order valence-corrected chi connectivity index (χ0v) is 17.5. The summed E-state index contributed by atoms with van der Waals surface area (Å²) in [5, 5.41) is 5.63. The van der Waals surface area contributed by atoms with E-state index in [1.807, 2.05) is 50.2 Å². The van der Waals surface area contributed by atoms with Gasteiger partial charge in [-0.3, -0.25) is 14.9 Å². The quantitative estimate of drug-likeness (QED) is 0.606. The van der Waals surface area contributed by atoms with E-state index in [1.165, 1.54) is 0 Å². The summed E-state index contributed by atoms with van der Waals surface area (Å²) in [6.07, 6.45) is 0. The molecule has 0 aliphatic heterocycles. The van der Waals surface area contributed by atoms with Crippen molar-refractivity contribution in [2.75, 3.05) is 5.32 Å². The molecular formula is C23H28N4O2. The van der Waals surface area contributed by atoms with Gasteiger partial charge in [-0.2, -0.15) is 0 Å². The molecule has 2 amide bonds. The zero-order valence-electron chi connectivity index (χ0n) is 17.5. The van der Waals surface area contributed by atoms with Crippen molar-refractivity contribution in [2.24, 2.45) is 5.92 Å². The second-order valence-corrected chi connectivity index (χ2v) is 8.61. The second kappa shape index (κ2) is 8.07. The predicted molar refractivity (Wildman–Crippen MR) is 116 cm³/mol. The van der Waals surface area contributed by atoms with Gasteiger partial charge in [0.25, 0.3) is 5.91 Å². The van der Waals surface area contributed by atoms with Crippen LogP contribution in [0.1, 0.15) is 50.5 Å². The number of nitrogens with one attached hydrogen (secondary N) is 3. The normalized spacial score (nSPS) is 12.8. The van der Waals surface area contributed by atoms with Crippen LogP contribution in [-0.4, -0.2) is 27.8 Å². The molecule has 0 fully saturated rings. The number of benzene rings is 2. The monoisotopic (exact) mass is 392 g/mol. The molecule has 0 aliphatic carbocycles. The third-order valence-corrected chi connectivity index (χ3v) is 4.88. The fourth-order valence-corrected chi connectivity index (χ4v) is 3.09. The molecule has 0 unspecified atom stereocenters. The predicted octanol–water partition coefficient (Wildman–Crippen LogP) is 4.25. The topological polar surface area (TPSA) is 86.9 Å². The van der Waals surface area contributed by atoms with Gasteiger partial charge in [0.05, 0.1) is 11.0 Å². The Bertz CT molecular complexity index is 980. The molecular weight excluding hydrogens is 364 g/mol. The van der Waals surface area contributed by atoms with E-state index < -0.39 is 6.04 Å². The number of rotatable bonds is 5. The van der Waals surface area contributed by atoms with E-state index in [1.54, 1.807) is 12.1 Å². The van der Waals surface area contributed by atoms with Gasteiger partial charge >= 0.3 is 0 Å². The SMILES string of the molecule is CC(C)[C@@H](NC(=O)c1ccc(C(C)(C)C)cc1)C(=O)Nc1nc2ccccc2[nH]1. The van der Waals surface area contributed by atoms with Crippen LogP contribution in [0.4, 0.5) is 5.95 Å².